The van der Waals surface area contributed by atoms with Gasteiger partial charge in [0.25, 0.3) is 0 Å². The summed E-state index contributed by atoms with van der Waals surface area (Å²) in [6.07, 6.45) is 9.47. The first-order valence-electron chi connectivity index (χ1n) is 11.0. The Labute approximate surface area is 163 Å². The average Bonchev–Trinajstić information content (AvgIpc) is 2.94. The highest BCUT2D eigenvalue weighted by atomic mass is 16.1. The number of piperidine rings is 1. The summed E-state index contributed by atoms with van der Waals surface area (Å²) in [4.78, 5) is 12.0. The predicted octanol–water partition coefficient (Wildman–Crippen LogP) is 5.45. The lowest BCUT2D eigenvalue weighted by molar-refractivity contribution is -0.135. The molecular formula is C25H33NO. The van der Waals surface area contributed by atoms with E-state index in [1.807, 2.05) is 0 Å². The van der Waals surface area contributed by atoms with E-state index in [0.717, 1.165) is 30.6 Å². The van der Waals surface area contributed by atoms with Gasteiger partial charge in [-0.1, -0.05) is 57.2 Å². The molecule has 4 aliphatic rings. The molecule has 5 rings (SSSR count). The molecule has 0 spiro atoms. The van der Waals surface area contributed by atoms with Gasteiger partial charge in [0.1, 0.15) is 0 Å². The maximum Gasteiger partial charge on any atom is 0.220 e. The first-order valence-corrected chi connectivity index (χ1v) is 11.0. The van der Waals surface area contributed by atoms with Crippen molar-refractivity contribution in [2.75, 3.05) is 0 Å². The smallest absolute Gasteiger partial charge is 0.220 e. The van der Waals surface area contributed by atoms with Crippen molar-refractivity contribution in [2.24, 2.45) is 34.5 Å². The van der Waals surface area contributed by atoms with Crippen LogP contribution in [0.4, 0.5) is 0 Å². The van der Waals surface area contributed by atoms with Crippen LogP contribution in [0.5, 0.6) is 0 Å². The summed E-state index contributed by atoms with van der Waals surface area (Å²) in [5, 5.41) is 3.35. The number of benzene rings is 1. The molecule has 1 aromatic carbocycles. The number of carbonyl (C=O) groups excluding carboxylic acids is 1. The molecule has 0 bridgehead atoms. The van der Waals surface area contributed by atoms with Gasteiger partial charge in [-0.25, -0.2) is 0 Å². The van der Waals surface area contributed by atoms with Crippen LogP contribution in [0.15, 0.2) is 36.4 Å². The third kappa shape index (κ3) is 2.41. The van der Waals surface area contributed by atoms with E-state index >= 15 is 0 Å². The molecular weight excluding hydrogens is 330 g/mol. The van der Waals surface area contributed by atoms with Crippen LogP contribution in [0.25, 0.3) is 5.57 Å². The largest absolute Gasteiger partial charge is 0.353 e. The van der Waals surface area contributed by atoms with E-state index in [2.05, 4.69) is 62.5 Å². The summed E-state index contributed by atoms with van der Waals surface area (Å²) in [5.41, 5.74) is 3.64. The zero-order chi connectivity index (χ0) is 18.8. The fourth-order valence-corrected chi connectivity index (χ4v) is 7.84. The Kier molecular flexibility index (Phi) is 3.87. The second-order valence-electron chi connectivity index (χ2n) is 10.3. The molecule has 1 saturated heterocycles. The third-order valence-corrected chi connectivity index (χ3v) is 9.04. The van der Waals surface area contributed by atoms with Crippen molar-refractivity contribution in [1.82, 2.24) is 5.32 Å². The van der Waals surface area contributed by atoms with Crippen LogP contribution >= 0.6 is 0 Å². The van der Waals surface area contributed by atoms with Gasteiger partial charge in [-0.2, -0.15) is 0 Å². The highest BCUT2D eigenvalue weighted by Crippen LogP contribution is 2.66. The molecule has 0 unspecified atom stereocenters. The Hall–Kier alpha value is -1.57. The molecule has 7 atom stereocenters. The van der Waals surface area contributed by atoms with Gasteiger partial charge in [0.15, 0.2) is 0 Å². The number of allylic oxidation sites excluding steroid dienone is 2. The summed E-state index contributed by atoms with van der Waals surface area (Å²) in [6, 6.07) is 11.5. The Morgan fingerprint density at radius 2 is 1.81 bits per heavy atom. The van der Waals surface area contributed by atoms with Crippen molar-refractivity contribution in [3.8, 4) is 0 Å². The fourth-order valence-electron chi connectivity index (χ4n) is 7.84. The minimum Gasteiger partial charge on any atom is -0.353 e. The molecule has 1 aliphatic heterocycles. The van der Waals surface area contributed by atoms with Crippen LogP contribution in [0.1, 0.15) is 64.9 Å². The summed E-state index contributed by atoms with van der Waals surface area (Å²) in [6.45, 7) is 7.49. The zero-order valence-corrected chi connectivity index (χ0v) is 17.0. The molecule has 0 radical (unpaired) electrons. The maximum atomic E-state index is 12.0. The zero-order valence-electron chi connectivity index (χ0n) is 17.0. The maximum absolute atomic E-state index is 12.0. The Morgan fingerprint density at radius 3 is 2.59 bits per heavy atom. The van der Waals surface area contributed by atoms with Crippen molar-refractivity contribution in [1.29, 1.82) is 0 Å². The van der Waals surface area contributed by atoms with Gasteiger partial charge in [-0.3, -0.25) is 4.79 Å². The number of fused-ring (bicyclic) bond motifs is 5. The van der Waals surface area contributed by atoms with Gasteiger partial charge in [0.05, 0.1) is 0 Å². The Balaban J connectivity index is 1.49. The number of amides is 1. The lowest BCUT2D eigenvalue weighted by Crippen LogP contribution is -2.61. The first-order chi connectivity index (χ1) is 12.9. The first kappa shape index (κ1) is 17.5. The monoisotopic (exact) mass is 363 g/mol. The molecule has 144 valence electrons. The molecule has 27 heavy (non-hydrogen) atoms. The molecule has 3 aliphatic carbocycles. The summed E-state index contributed by atoms with van der Waals surface area (Å²) >= 11 is 0. The topological polar surface area (TPSA) is 29.1 Å². The van der Waals surface area contributed by atoms with E-state index in [4.69, 9.17) is 0 Å². The Bertz CT molecular complexity index is 783. The average molecular weight is 364 g/mol. The van der Waals surface area contributed by atoms with E-state index < -0.39 is 0 Å². The van der Waals surface area contributed by atoms with Crippen LogP contribution in [-0.2, 0) is 4.79 Å². The second-order valence-corrected chi connectivity index (χ2v) is 10.3. The lowest BCUT2D eigenvalue weighted by atomic mass is 9.46. The summed E-state index contributed by atoms with van der Waals surface area (Å²) in [7, 11) is 0. The van der Waals surface area contributed by atoms with E-state index in [0.29, 0.717) is 22.8 Å². The minimum atomic E-state index is 0.277. The number of hydrogen-bond acceptors (Lipinski definition) is 1. The number of carbonyl (C=O) groups is 1. The quantitative estimate of drug-likeness (QED) is 0.706. The molecule has 2 nitrogen and oxygen atoms in total. The van der Waals surface area contributed by atoms with Gasteiger partial charge >= 0.3 is 0 Å². The van der Waals surface area contributed by atoms with Crippen molar-refractivity contribution >= 4 is 11.5 Å². The fraction of sp³-hybridized carbons (Fsp3) is 0.640. The van der Waals surface area contributed by atoms with Crippen molar-refractivity contribution in [3.63, 3.8) is 0 Å². The predicted molar refractivity (Wildman–Crippen MR) is 110 cm³/mol. The summed E-state index contributed by atoms with van der Waals surface area (Å²) in [5.74, 6) is 3.24. The van der Waals surface area contributed by atoms with Crippen molar-refractivity contribution in [2.45, 2.75) is 65.3 Å². The molecule has 2 saturated carbocycles. The van der Waals surface area contributed by atoms with Gasteiger partial charge in [-0.15, -0.1) is 0 Å². The lowest BCUT2D eigenvalue weighted by Gasteiger charge is -2.60. The van der Waals surface area contributed by atoms with Crippen LogP contribution < -0.4 is 5.32 Å². The van der Waals surface area contributed by atoms with Crippen LogP contribution in [0, 0.1) is 34.5 Å². The van der Waals surface area contributed by atoms with Crippen LogP contribution in [0.2, 0.25) is 0 Å². The molecule has 1 heterocycles. The molecule has 1 N–H and O–H groups in total. The third-order valence-electron chi connectivity index (χ3n) is 9.04. The molecule has 1 aromatic rings. The van der Waals surface area contributed by atoms with Crippen molar-refractivity contribution < 1.29 is 4.79 Å². The van der Waals surface area contributed by atoms with E-state index in [9.17, 15) is 4.79 Å². The number of rotatable bonds is 1. The molecule has 1 amide bonds. The van der Waals surface area contributed by atoms with Gasteiger partial charge in [-0.05, 0) is 77.7 Å². The highest BCUT2D eigenvalue weighted by Gasteiger charge is 2.60. The summed E-state index contributed by atoms with van der Waals surface area (Å²) < 4.78 is 0. The number of hydrogen-bond donors (Lipinski definition) is 1. The van der Waals surface area contributed by atoms with Gasteiger partial charge < -0.3 is 5.32 Å². The van der Waals surface area contributed by atoms with Crippen LogP contribution in [0.3, 0.4) is 0 Å². The van der Waals surface area contributed by atoms with E-state index in [1.54, 1.807) is 5.57 Å². The highest BCUT2D eigenvalue weighted by molar-refractivity contribution is 5.77. The normalized spacial score (nSPS) is 46.0. The second kappa shape index (κ2) is 5.96. The van der Waals surface area contributed by atoms with E-state index in [1.165, 1.54) is 31.2 Å². The molecule has 0 aromatic heterocycles. The number of nitrogens with one attached hydrogen (secondary N) is 1. The van der Waals surface area contributed by atoms with Gasteiger partial charge in [0.2, 0.25) is 5.91 Å². The van der Waals surface area contributed by atoms with E-state index in [-0.39, 0.29) is 5.91 Å². The SMILES string of the molecule is C[C@@H]1C=C(c2ccccc2)[C@@]2(C)CC[C@H]3[C@@H](CC[C@H]4NC(=O)CC[C@@]43C)[C@H]12. The van der Waals surface area contributed by atoms with Gasteiger partial charge in [0, 0.05) is 12.5 Å². The van der Waals surface area contributed by atoms with Crippen molar-refractivity contribution in [3.05, 3.63) is 42.0 Å². The molecule has 2 heteroatoms. The minimum absolute atomic E-state index is 0.277. The standard InChI is InChI=1S/C25H33NO/c1-16-15-20(17-7-5-4-6-8-17)25(3)13-11-19-18(23(16)25)9-10-21-24(19,2)14-12-22(27)26-21/h4-8,15-16,18-19,21,23H,9-14H2,1-3H3,(H,26,27)/t16-,18-,19+,21-,23+,24-,25-/m1/s1. The Morgan fingerprint density at radius 1 is 1.04 bits per heavy atom. The molecule has 3 fully saturated rings. The van der Waals surface area contributed by atoms with Crippen LogP contribution in [-0.4, -0.2) is 11.9 Å².